The smallest absolute Gasteiger partial charge is 0.352 e. The summed E-state index contributed by atoms with van der Waals surface area (Å²) in [5.74, 6) is -1.17. The molecule has 2 rings (SSSR count). The monoisotopic (exact) mass is 301 g/mol. The van der Waals surface area contributed by atoms with Crippen molar-refractivity contribution in [2.75, 3.05) is 26.2 Å². The van der Waals surface area contributed by atoms with E-state index in [0.717, 1.165) is 6.07 Å². The van der Waals surface area contributed by atoms with E-state index in [1.165, 1.54) is 10.5 Å². The number of carboxylic acids is 1. The molecule has 2 N–H and O–H groups in total. The number of H-pyrrole nitrogens is 1. The molecule has 2 heterocycles. The highest BCUT2D eigenvalue weighted by Crippen LogP contribution is 2.19. The molecule has 1 aliphatic rings. The van der Waals surface area contributed by atoms with Crippen LogP contribution in [0.5, 0.6) is 0 Å². The molecule has 0 bridgehead atoms. The van der Waals surface area contributed by atoms with Crippen LogP contribution in [0.25, 0.3) is 0 Å². The Morgan fingerprint density at radius 3 is 2.35 bits per heavy atom. The van der Waals surface area contributed by atoms with Gasteiger partial charge >= 0.3 is 5.97 Å². The summed E-state index contributed by atoms with van der Waals surface area (Å²) >= 11 is 0. The Balaban J connectivity index is 2.13. The number of sulfonamides is 1. The molecule has 0 saturated carbocycles. The number of aromatic nitrogens is 1. The number of carbonyl (C=O) groups is 1. The van der Waals surface area contributed by atoms with Gasteiger partial charge in [0, 0.05) is 38.4 Å². The van der Waals surface area contributed by atoms with Crippen molar-refractivity contribution < 1.29 is 18.3 Å². The fourth-order valence-electron chi connectivity index (χ4n) is 2.26. The molecule has 7 nitrogen and oxygen atoms in total. The van der Waals surface area contributed by atoms with Crippen molar-refractivity contribution in [1.82, 2.24) is 14.2 Å². The van der Waals surface area contributed by atoms with Crippen molar-refractivity contribution in [3.8, 4) is 0 Å². The van der Waals surface area contributed by atoms with E-state index in [0.29, 0.717) is 32.2 Å². The summed E-state index contributed by atoms with van der Waals surface area (Å²) in [7, 11) is -3.61. The Bertz CT molecular complexity index is 586. The van der Waals surface area contributed by atoms with Gasteiger partial charge in [-0.15, -0.1) is 0 Å². The maximum Gasteiger partial charge on any atom is 0.352 e. The Morgan fingerprint density at radius 2 is 1.90 bits per heavy atom. The molecule has 0 spiro atoms. The van der Waals surface area contributed by atoms with Gasteiger partial charge in [-0.1, -0.05) is 0 Å². The van der Waals surface area contributed by atoms with Gasteiger partial charge in [0.25, 0.3) is 0 Å². The molecule has 0 amide bonds. The van der Waals surface area contributed by atoms with Crippen molar-refractivity contribution in [3.63, 3.8) is 0 Å². The number of nitrogens with zero attached hydrogens (tertiary/aromatic N) is 2. The average molecular weight is 301 g/mol. The van der Waals surface area contributed by atoms with E-state index in [1.54, 1.807) is 0 Å². The van der Waals surface area contributed by atoms with Crippen LogP contribution in [0.3, 0.4) is 0 Å². The summed E-state index contributed by atoms with van der Waals surface area (Å²) in [5.41, 5.74) is -0.121. The van der Waals surface area contributed by atoms with Gasteiger partial charge < -0.3 is 10.1 Å². The number of aromatic carboxylic acids is 1. The molecule has 1 aromatic rings. The number of piperazine rings is 1. The fourth-order valence-corrected chi connectivity index (χ4v) is 3.67. The first kappa shape index (κ1) is 15.0. The Kier molecular flexibility index (Phi) is 4.17. The average Bonchev–Trinajstić information content (AvgIpc) is 2.89. The number of carboxylic acid groups (broad SMARTS) is 1. The molecule has 1 fully saturated rings. The third kappa shape index (κ3) is 2.87. The van der Waals surface area contributed by atoms with Crippen molar-refractivity contribution in [2.45, 2.75) is 24.8 Å². The second-order valence-electron chi connectivity index (χ2n) is 5.09. The standard InChI is InChI=1S/C12H19N3O4S/c1-9(2)14-3-5-15(6-4-14)20(18,19)10-7-11(12(16)17)13-8-10/h7-9,13H,3-6H2,1-2H3,(H,16,17). The van der Waals surface area contributed by atoms with Gasteiger partial charge in [0.15, 0.2) is 0 Å². The topological polar surface area (TPSA) is 93.7 Å². The molecule has 8 heteroatoms. The molecular formula is C12H19N3O4S. The predicted octanol–water partition coefficient (Wildman–Crippen LogP) is 0.428. The Labute approximate surface area is 118 Å². The lowest BCUT2D eigenvalue weighted by Gasteiger charge is -2.36. The normalized spacial score (nSPS) is 18.6. The highest BCUT2D eigenvalue weighted by atomic mass is 32.2. The van der Waals surface area contributed by atoms with Gasteiger partial charge in [-0.2, -0.15) is 4.31 Å². The molecule has 0 radical (unpaired) electrons. The zero-order valence-electron chi connectivity index (χ0n) is 11.5. The van der Waals surface area contributed by atoms with E-state index < -0.39 is 16.0 Å². The maximum atomic E-state index is 12.4. The van der Waals surface area contributed by atoms with Crippen LogP contribution in [0.1, 0.15) is 24.3 Å². The van der Waals surface area contributed by atoms with Gasteiger partial charge in [0.05, 0.1) is 0 Å². The number of aromatic amines is 1. The highest BCUT2D eigenvalue weighted by Gasteiger charge is 2.30. The molecule has 1 aliphatic heterocycles. The van der Waals surface area contributed by atoms with E-state index in [9.17, 15) is 13.2 Å². The first-order chi connectivity index (χ1) is 9.32. The van der Waals surface area contributed by atoms with Crippen molar-refractivity contribution >= 4 is 16.0 Å². The van der Waals surface area contributed by atoms with E-state index >= 15 is 0 Å². The molecule has 1 saturated heterocycles. The Hall–Kier alpha value is -1.38. The zero-order valence-corrected chi connectivity index (χ0v) is 12.4. The highest BCUT2D eigenvalue weighted by molar-refractivity contribution is 7.89. The summed E-state index contributed by atoms with van der Waals surface area (Å²) in [6, 6.07) is 1.55. The summed E-state index contributed by atoms with van der Waals surface area (Å²) in [6.07, 6.45) is 1.23. The summed E-state index contributed by atoms with van der Waals surface area (Å²) < 4.78 is 26.2. The van der Waals surface area contributed by atoms with E-state index in [4.69, 9.17) is 5.11 Å². The minimum absolute atomic E-state index is 0.00731. The van der Waals surface area contributed by atoms with Crippen LogP contribution in [0.15, 0.2) is 17.2 Å². The van der Waals surface area contributed by atoms with Crippen molar-refractivity contribution in [1.29, 1.82) is 0 Å². The lowest BCUT2D eigenvalue weighted by molar-refractivity contribution is 0.0691. The summed E-state index contributed by atoms with van der Waals surface area (Å²) in [4.78, 5) is 15.5. The first-order valence-electron chi connectivity index (χ1n) is 6.48. The molecule has 1 aromatic heterocycles. The minimum Gasteiger partial charge on any atom is -0.477 e. The third-order valence-electron chi connectivity index (χ3n) is 3.53. The van der Waals surface area contributed by atoms with Crippen LogP contribution in [0, 0.1) is 0 Å². The van der Waals surface area contributed by atoms with Crippen LogP contribution in [-0.2, 0) is 10.0 Å². The van der Waals surface area contributed by atoms with E-state index in [-0.39, 0.29) is 10.6 Å². The third-order valence-corrected chi connectivity index (χ3v) is 5.40. The van der Waals surface area contributed by atoms with Gasteiger partial charge in [-0.05, 0) is 19.9 Å². The van der Waals surface area contributed by atoms with Crippen LogP contribution in [-0.4, -0.2) is 65.9 Å². The lowest BCUT2D eigenvalue weighted by Crippen LogP contribution is -2.50. The van der Waals surface area contributed by atoms with Crippen LogP contribution < -0.4 is 0 Å². The number of hydrogen-bond donors (Lipinski definition) is 2. The lowest BCUT2D eigenvalue weighted by atomic mass is 10.3. The number of rotatable bonds is 4. The SMILES string of the molecule is CC(C)N1CCN(S(=O)(=O)c2c[nH]c(C(=O)O)c2)CC1. The predicted molar refractivity (Wildman–Crippen MR) is 73.2 cm³/mol. The zero-order chi connectivity index (χ0) is 14.9. The molecule has 0 unspecified atom stereocenters. The van der Waals surface area contributed by atoms with Gasteiger partial charge in [-0.25, -0.2) is 13.2 Å². The number of hydrogen-bond acceptors (Lipinski definition) is 4. The molecule has 0 aromatic carbocycles. The quantitative estimate of drug-likeness (QED) is 0.841. The van der Waals surface area contributed by atoms with Gasteiger partial charge in [-0.3, -0.25) is 4.90 Å². The minimum atomic E-state index is -3.61. The van der Waals surface area contributed by atoms with Gasteiger partial charge in [0.1, 0.15) is 10.6 Å². The fraction of sp³-hybridized carbons (Fsp3) is 0.583. The van der Waals surface area contributed by atoms with E-state index in [2.05, 4.69) is 23.7 Å². The summed E-state index contributed by atoms with van der Waals surface area (Å²) in [6.45, 7) is 6.38. The first-order valence-corrected chi connectivity index (χ1v) is 7.92. The second kappa shape index (κ2) is 5.55. The Morgan fingerprint density at radius 1 is 1.30 bits per heavy atom. The van der Waals surface area contributed by atoms with Crippen LogP contribution in [0.4, 0.5) is 0 Å². The molecule has 20 heavy (non-hydrogen) atoms. The van der Waals surface area contributed by atoms with Gasteiger partial charge in [0.2, 0.25) is 10.0 Å². The number of nitrogens with one attached hydrogen (secondary N) is 1. The molecule has 0 atom stereocenters. The summed E-state index contributed by atoms with van der Waals surface area (Å²) in [5, 5.41) is 8.82. The van der Waals surface area contributed by atoms with Crippen molar-refractivity contribution in [2.24, 2.45) is 0 Å². The van der Waals surface area contributed by atoms with Crippen LogP contribution in [0.2, 0.25) is 0 Å². The second-order valence-corrected chi connectivity index (χ2v) is 7.03. The molecule has 112 valence electrons. The van der Waals surface area contributed by atoms with Crippen molar-refractivity contribution in [3.05, 3.63) is 18.0 Å². The maximum absolute atomic E-state index is 12.4. The van der Waals surface area contributed by atoms with Crippen LogP contribution >= 0.6 is 0 Å². The molecule has 0 aliphatic carbocycles. The van der Waals surface area contributed by atoms with E-state index in [1.807, 2.05) is 0 Å². The largest absolute Gasteiger partial charge is 0.477 e. The molecular weight excluding hydrogens is 282 g/mol.